The van der Waals surface area contributed by atoms with E-state index in [1.165, 1.54) is 6.33 Å². The van der Waals surface area contributed by atoms with E-state index in [1.54, 1.807) is 0 Å². The molecule has 0 spiro atoms. The molecule has 1 aliphatic rings. The van der Waals surface area contributed by atoms with Crippen molar-refractivity contribution in [2.75, 3.05) is 37.6 Å². The summed E-state index contributed by atoms with van der Waals surface area (Å²) in [6.45, 7) is 3.82. The molecule has 1 saturated heterocycles. The van der Waals surface area contributed by atoms with Gasteiger partial charge in [-0.05, 0) is 0 Å². The lowest BCUT2D eigenvalue weighted by atomic mass is 10.3. The van der Waals surface area contributed by atoms with Crippen LogP contribution in [0.25, 0.3) is 0 Å². The number of nitrogens with zero attached hydrogens (tertiary/aromatic N) is 5. The van der Waals surface area contributed by atoms with Crippen LogP contribution in [0, 0.1) is 0 Å². The largest absolute Gasteiger partial charge is 0.434 e. The minimum absolute atomic E-state index is 0.446. The SMILES string of the molecule is FC(F)(F)c1csc(N2CCN(CCc3ncn[nH]3)CC2)n1. The molecule has 120 valence electrons. The summed E-state index contributed by atoms with van der Waals surface area (Å²) < 4.78 is 37.7. The Kier molecular flexibility index (Phi) is 4.30. The first kappa shape index (κ1) is 15.2. The second-order valence-corrected chi connectivity index (χ2v) is 5.86. The number of piperazine rings is 1. The highest BCUT2D eigenvalue weighted by Gasteiger charge is 2.34. The molecular formula is C12H15F3N6S. The van der Waals surface area contributed by atoms with Gasteiger partial charge in [-0.15, -0.1) is 11.3 Å². The first-order valence-corrected chi connectivity index (χ1v) is 7.74. The molecule has 1 fully saturated rings. The number of H-pyrrole nitrogens is 1. The standard InChI is InChI=1S/C12H15F3N6S/c13-12(14,15)9-7-22-11(18-9)21-5-3-20(4-6-21)2-1-10-16-8-17-19-10/h7-8H,1-6H2,(H,16,17,19). The Bertz CT molecular complexity index is 588. The zero-order valence-electron chi connectivity index (χ0n) is 11.7. The molecule has 3 rings (SSSR count). The van der Waals surface area contributed by atoms with E-state index in [1.807, 2.05) is 4.90 Å². The molecule has 0 amide bonds. The maximum absolute atomic E-state index is 12.6. The van der Waals surface area contributed by atoms with Gasteiger partial charge in [0.25, 0.3) is 0 Å². The molecule has 0 atom stereocenters. The van der Waals surface area contributed by atoms with Gasteiger partial charge >= 0.3 is 6.18 Å². The molecule has 0 aromatic carbocycles. The monoisotopic (exact) mass is 332 g/mol. The average Bonchev–Trinajstić information content (AvgIpc) is 3.16. The molecule has 6 nitrogen and oxygen atoms in total. The molecular weight excluding hydrogens is 317 g/mol. The van der Waals surface area contributed by atoms with Gasteiger partial charge in [0.05, 0.1) is 0 Å². The number of halogens is 3. The van der Waals surface area contributed by atoms with Crippen molar-refractivity contribution in [1.29, 1.82) is 0 Å². The number of hydrogen-bond donors (Lipinski definition) is 1. The lowest BCUT2D eigenvalue weighted by Gasteiger charge is -2.34. The summed E-state index contributed by atoms with van der Waals surface area (Å²) in [5.74, 6) is 0.845. The maximum Gasteiger partial charge on any atom is 0.434 e. The summed E-state index contributed by atoms with van der Waals surface area (Å²) in [6, 6.07) is 0. The van der Waals surface area contributed by atoms with Crippen molar-refractivity contribution >= 4 is 16.5 Å². The normalized spacial score (nSPS) is 17.1. The summed E-state index contributed by atoms with van der Waals surface area (Å²) in [6.07, 6.45) is -2.10. The van der Waals surface area contributed by atoms with Crippen LogP contribution in [0.1, 0.15) is 11.5 Å². The van der Waals surface area contributed by atoms with E-state index in [9.17, 15) is 13.2 Å². The Labute approximate surface area is 129 Å². The smallest absolute Gasteiger partial charge is 0.346 e. The van der Waals surface area contributed by atoms with Crippen molar-refractivity contribution in [2.45, 2.75) is 12.6 Å². The molecule has 0 aliphatic carbocycles. The molecule has 10 heteroatoms. The number of alkyl halides is 3. The Hall–Kier alpha value is -1.68. The highest BCUT2D eigenvalue weighted by atomic mass is 32.1. The number of nitrogens with one attached hydrogen (secondary N) is 1. The summed E-state index contributed by atoms with van der Waals surface area (Å²) in [5.41, 5.74) is -0.805. The molecule has 3 heterocycles. The van der Waals surface area contributed by atoms with Crippen molar-refractivity contribution in [3.8, 4) is 0 Å². The van der Waals surface area contributed by atoms with Crippen LogP contribution in [0.2, 0.25) is 0 Å². The van der Waals surface area contributed by atoms with Gasteiger partial charge in [0.1, 0.15) is 12.2 Å². The highest BCUT2D eigenvalue weighted by Crippen LogP contribution is 2.33. The van der Waals surface area contributed by atoms with Gasteiger partial charge in [-0.3, -0.25) is 10.00 Å². The van der Waals surface area contributed by atoms with Crippen LogP contribution in [0.4, 0.5) is 18.3 Å². The third-order valence-electron chi connectivity index (χ3n) is 3.56. The second kappa shape index (κ2) is 6.21. The Morgan fingerprint density at radius 3 is 2.59 bits per heavy atom. The van der Waals surface area contributed by atoms with Crippen LogP contribution < -0.4 is 4.90 Å². The summed E-state index contributed by atoms with van der Waals surface area (Å²) in [5, 5.41) is 8.13. The Balaban J connectivity index is 1.50. The summed E-state index contributed by atoms with van der Waals surface area (Å²) in [4.78, 5) is 11.9. The van der Waals surface area contributed by atoms with Gasteiger partial charge in [-0.25, -0.2) is 9.97 Å². The van der Waals surface area contributed by atoms with Crippen LogP contribution in [0.15, 0.2) is 11.7 Å². The molecule has 0 unspecified atom stereocenters. The van der Waals surface area contributed by atoms with Crippen molar-refractivity contribution < 1.29 is 13.2 Å². The predicted molar refractivity (Wildman–Crippen MR) is 75.9 cm³/mol. The predicted octanol–water partition coefficient (Wildman–Crippen LogP) is 1.64. The lowest BCUT2D eigenvalue weighted by Crippen LogP contribution is -2.47. The van der Waals surface area contributed by atoms with Crippen LogP contribution >= 0.6 is 11.3 Å². The van der Waals surface area contributed by atoms with E-state index in [0.717, 1.165) is 48.6 Å². The van der Waals surface area contributed by atoms with E-state index in [4.69, 9.17) is 0 Å². The molecule has 1 N–H and O–H groups in total. The average molecular weight is 332 g/mol. The minimum atomic E-state index is -4.37. The first-order chi connectivity index (χ1) is 10.5. The van der Waals surface area contributed by atoms with Crippen molar-refractivity contribution in [2.24, 2.45) is 0 Å². The second-order valence-electron chi connectivity index (χ2n) is 5.02. The Morgan fingerprint density at radius 2 is 2.00 bits per heavy atom. The fraction of sp³-hybridized carbons (Fsp3) is 0.583. The molecule has 0 radical (unpaired) electrons. The first-order valence-electron chi connectivity index (χ1n) is 6.86. The van der Waals surface area contributed by atoms with Crippen molar-refractivity contribution in [3.05, 3.63) is 23.2 Å². The number of hydrogen-bond acceptors (Lipinski definition) is 6. The van der Waals surface area contributed by atoms with Crippen LogP contribution in [-0.2, 0) is 12.6 Å². The zero-order chi connectivity index (χ0) is 15.6. The molecule has 1 aliphatic heterocycles. The van der Waals surface area contributed by atoms with Crippen LogP contribution in [0.5, 0.6) is 0 Å². The van der Waals surface area contributed by atoms with Crippen molar-refractivity contribution in [1.82, 2.24) is 25.1 Å². The quantitative estimate of drug-likeness (QED) is 0.922. The van der Waals surface area contributed by atoms with Gasteiger partial charge in [0.15, 0.2) is 10.8 Å². The van der Waals surface area contributed by atoms with Gasteiger partial charge in [0.2, 0.25) is 0 Å². The fourth-order valence-electron chi connectivity index (χ4n) is 2.32. The Morgan fingerprint density at radius 1 is 1.23 bits per heavy atom. The summed E-state index contributed by atoms with van der Waals surface area (Å²) >= 11 is 1.05. The van der Waals surface area contributed by atoms with Gasteiger partial charge in [0, 0.05) is 44.5 Å². The van der Waals surface area contributed by atoms with E-state index in [0.29, 0.717) is 18.2 Å². The third-order valence-corrected chi connectivity index (χ3v) is 4.46. The number of rotatable bonds is 4. The van der Waals surface area contributed by atoms with Crippen molar-refractivity contribution in [3.63, 3.8) is 0 Å². The maximum atomic E-state index is 12.6. The molecule has 22 heavy (non-hydrogen) atoms. The number of anilines is 1. The van der Waals surface area contributed by atoms with E-state index >= 15 is 0 Å². The summed E-state index contributed by atoms with van der Waals surface area (Å²) in [7, 11) is 0. The molecule has 0 bridgehead atoms. The fourth-order valence-corrected chi connectivity index (χ4v) is 3.20. The molecule has 2 aromatic heterocycles. The lowest BCUT2D eigenvalue weighted by molar-refractivity contribution is -0.140. The van der Waals surface area contributed by atoms with E-state index in [-0.39, 0.29) is 0 Å². The topological polar surface area (TPSA) is 60.9 Å². The molecule has 2 aromatic rings. The highest BCUT2D eigenvalue weighted by molar-refractivity contribution is 7.13. The number of aromatic amines is 1. The van der Waals surface area contributed by atoms with Crippen LogP contribution in [0.3, 0.4) is 0 Å². The zero-order valence-corrected chi connectivity index (χ0v) is 12.5. The molecule has 0 saturated carbocycles. The number of thiazole rings is 1. The third kappa shape index (κ3) is 3.55. The minimum Gasteiger partial charge on any atom is -0.346 e. The van der Waals surface area contributed by atoms with E-state index < -0.39 is 11.9 Å². The van der Waals surface area contributed by atoms with Crippen LogP contribution in [-0.4, -0.2) is 57.8 Å². The van der Waals surface area contributed by atoms with Gasteiger partial charge < -0.3 is 4.90 Å². The number of aromatic nitrogens is 4. The van der Waals surface area contributed by atoms with E-state index in [2.05, 4.69) is 25.1 Å². The van der Waals surface area contributed by atoms with Gasteiger partial charge in [-0.1, -0.05) is 0 Å². The van der Waals surface area contributed by atoms with Gasteiger partial charge in [-0.2, -0.15) is 18.3 Å².